The number of carboxylic acids is 1. The molecule has 1 fully saturated rings. The molecule has 1 saturated heterocycles. The van der Waals surface area contributed by atoms with Crippen molar-refractivity contribution in [2.24, 2.45) is 0 Å². The van der Waals surface area contributed by atoms with Gasteiger partial charge in [-0.1, -0.05) is 15.9 Å². The minimum Gasteiger partial charge on any atom is -0.479 e. The molecule has 3 rings (SSSR count). The highest BCUT2D eigenvalue weighted by Gasteiger charge is 2.43. The van der Waals surface area contributed by atoms with Gasteiger partial charge in [-0.05, 0) is 36.4 Å². The fraction of sp³-hybridized carbons (Fsp3) is 0.267. The van der Waals surface area contributed by atoms with Crippen LogP contribution in [0, 0.1) is 0 Å². The maximum absolute atomic E-state index is 12.4. The Morgan fingerprint density at radius 3 is 2.70 bits per heavy atom. The highest BCUT2D eigenvalue weighted by Crippen LogP contribution is 2.28. The number of nitrogens with zero attached hydrogens (tertiary/aromatic N) is 2. The molecule has 0 saturated carbocycles. The minimum absolute atomic E-state index is 0.338. The molecule has 1 amide bonds. The van der Waals surface area contributed by atoms with E-state index in [-0.39, 0.29) is 0 Å². The van der Waals surface area contributed by atoms with E-state index in [0.717, 1.165) is 15.9 Å². The minimum atomic E-state index is -1.18. The molecule has 23 heavy (non-hydrogen) atoms. The first kappa shape index (κ1) is 16.1. The summed E-state index contributed by atoms with van der Waals surface area (Å²) in [6.45, 7) is 0. The van der Waals surface area contributed by atoms with Crippen LogP contribution in [-0.2, 0) is 4.79 Å². The van der Waals surface area contributed by atoms with Crippen LogP contribution in [0.3, 0.4) is 0 Å². The van der Waals surface area contributed by atoms with Crippen molar-refractivity contribution in [1.29, 1.82) is 0 Å². The molecule has 2 aromatic rings. The van der Waals surface area contributed by atoms with Gasteiger partial charge < -0.3 is 10.4 Å². The summed E-state index contributed by atoms with van der Waals surface area (Å²) in [7, 11) is 0. The number of hydrogen-bond acceptors (Lipinski definition) is 4. The fourth-order valence-electron chi connectivity index (χ4n) is 2.35. The van der Waals surface area contributed by atoms with Crippen molar-refractivity contribution in [3.05, 3.63) is 46.7 Å². The highest BCUT2D eigenvalue weighted by molar-refractivity contribution is 9.10. The molecule has 2 heterocycles. The molecular weight excluding hydrogens is 382 g/mol. The van der Waals surface area contributed by atoms with Crippen molar-refractivity contribution in [2.75, 3.05) is 11.5 Å². The van der Waals surface area contributed by atoms with Gasteiger partial charge in [-0.25, -0.2) is 9.48 Å². The van der Waals surface area contributed by atoms with Crippen LogP contribution in [-0.4, -0.2) is 43.8 Å². The van der Waals surface area contributed by atoms with Gasteiger partial charge in [0.05, 0.1) is 17.4 Å². The van der Waals surface area contributed by atoms with Crippen molar-refractivity contribution in [1.82, 2.24) is 15.1 Å². The average molecular weight is 396 g/mol. The lowest BCUT2D eigenvalue weighted by molar-refractivity contribution is -0.143. The summed E-state index contributed by atoms with van der Waals surface area (Å²) in [6, 6.07) is 7.49. The van der Waals surface area contributed by atoms with Crippen LogP contribution in [0.2, 0.25) is 0 Å². The Hall–Kier alpha value is -1.80. The Balaban J connectivity index is 1.78. The summed E-state index contributed by atoms with van der Waals surface area (Å²) in [5, 5.41) is 16.2. The fourth-order valence-corrected chi connectivity index (χ4v) is 3.94. The summed E-state index contributed by atoms with van der Waals surface area (Å²) in [6.07, 6.45) is 3.46. The van der Waals surface area contributed by atoms with E-state index >= 15 is 0 Å². The lowest BCUT2D eigenvalue weighted by atomic mass is 9.99. The third-order valence-electron chi connectivity index (χ3n) is 3.72. The number of carbonyl (C=O) groups is 2. The Labute approximate surface area is 145 Å². The van der Waals surface area contributed by atoms with Crippen molar-refractivity contribution in [3.8, 4) is 5.69 Å². The topological polar surface area (TPSA) is 84.2 Å². The van der Waals surface area contributed by atoms with Crippen molar-refractivity contribution >= 4 is 39.6 Å². The van der Waals surface area contributed by atoms with Crippen molar-refractivity contribution < 1.29 is 14.7 Å². The van der Waals surface area contributed by atoms with Gasteiger partial charge in [-0.2, -0.15) is 16.9 Å². The highest BCUT2D eigenvalue weighted by atomic mass is 79.9. The number of carbonyl (C=O) groups excluding carboxylic acids is 1. The van der Waals surface area contributed by atoms with Crippen LogP contribution >= 0.6 is 27.7 Å². The van der Waals surface area contributed by atoms with Crippen LogP contribution in [0.5, 0.6) is 0 Å². The van der Waals surface area contributed by atoms with E-state index in [1.54, 1.807) is 10.9 Å². The van der Waals surface area contributed by atoms with Crippen molar-refractivity contribution in [3.63, 3.8) is 0 Å². The van der Waals surface area contributed by atoms with Crippen LogP contribution in [0.25, 0.3) is 5.69 Å². The van der Waals surface area contributed by atoms with E-state index in [4.69, 9.17) is 0 Å². The van der Waals surface area contributed by atoms with Crippen molar-refractivity contribution in [2.45, 2.75) is 12.0 Å². The monoisotopic (exact) mass is 395 g/mol. The number of aliphatic carboxylic acids is 1. The molecule has 8 heteroatoms. The molecule has 0 bridgehead atoms. The first-order valence-corrected chi connectivity index (χ1v) is 8.89. The number of thioether (sulfide) groups is 1. The third-order valence-corrected chi connectivity index (χ3v) is 5.44. The molecule has 1 aliphatic rings. The van der Waals surface area contributed by atoms with E-state index in [1.807, 2.05) is 24.3 Å². The van der Waals surface area contributed by atoms with Crippen LogP contribution in [0.4, 0.5) is 0 Å². The number of halogens is 1. The van der Waals surface area contributed by atoms with E-state index < -0.39 is 17.4 Å². The molecule has 1 atom stereocenters. The molecule has 0 spiro atoms. The van der Waals surface area contributed by atoms with E-state index in [1.165, 1.54) is 18.0 Å². The summed E-state index contributed by atoms with van der Waals surface area (Å²) < 4.78 is 2.53. The lowest BCUT2D eigenvalue weighted by Crippen LogP contribution is -2.54. The van der Waals surface area contributed by atoms with Gasteiger partial charge in [0.2, 0.25) is 0 Å². The number of amides is 1. The molecular formula is C15H14BrN3O3S. The zero-order valence-corrected chi connectivity index (χ0v) is 14.4. The van der Waals surface area contributed by atoms with Gasteiger partial charge >= 0.3 is 5.97 Å². The average Bonchev–Trinajstić information content (AvgIpc) is 3.17. The predicted octanol–water partition coefficient (Wildman–Crippen LogP) is 2.32. The number of rotatable bonds is 4. The van der Waals surface area contributed by atoms with Gasteiger partial charge in [0.25, 0.3) is 5.91 Å². The second-order valence-electron chi connectivity index (χ2n) is 5.29. The first-order valence-electron chi connectivity index (χ1n) is 6.94. The largest absolute Gasteiger partial charge is 0.479 e. The van der Waals surface area contributed by atoms with E-state index in [0.29, 0.717) is 17.7 Å². The Morgan fingerprint density at radius 1 is 1.35 bits per heavy atom. The Kier molecular flexibility index (Phi) is 4.45. The van der Waals surface area contributed by atoms with Crippen LogP contribution < -0.4 is 5.32 Å². The lowest BCUT2D eigenvalue weighted by Gasteiger charge is -2.24. The van der Waals surface area contributed by atoms with Gasteiger partial charge in [0.15, 0.2) is 0 Å². The molecule has 0 aliphatic carbocycles. The maximum Gasteiger partial charge on any atom is 0.330 e. The van der Waals surface area contributed by atoms with Gasteiger partial charge in [0, 0.05) is 16.4 Å². The summed E-state index contributed by atoms with van der Waals surface area (Å²) in [4.78, 5) is 23.9. The molecule has 1 aliphatic heterocycles. The number of carboxylic acid groups (broad SMARTS) is 1. The predicted molar refractivity (Wildman–Crippen MR) is 91.0 cm³/mol. The standard InChI is InChI=1S/C15H14BrN3O3S/c16-11-1-3-12(4-2-11)19-8-10(7-17-19)13(20)18-15(14(21)22)5-6-23-9-15/h1-4,7-8H,5-6,9H2,(H,18,20)(H,21,22). The second-order valence-corrected chi connectivity index (χ2v) is 7.31. The SMILES string of the molecule is O=C(NC1(C(=O)O)CCSC1)c1cnn(-c2ccc(Br)cc2)c1. The van der Waals surface area contributed by atoms with E-state index in [9.17, 15) is 14.7 Å². The van der Waals surface area contributed by atoms with Gasteiger partial charge in [-0.3, -0.25) is 4.79 Å². The summed E-state index contributed by atoms with van der Waals surface area (Å²) in [5.74, 6) is -0.297. The summed E-state index contributed by atoms with van der Waals surface area (Å²) >= 11 is 4.89. The molecule has 6 nitrogen and oxygen atoms in total. The number of aromatic nitrogens is 2. The van der Waals surface area contributed by atoms with Crippen LogP contribution in [0.1, 0.15) is 16.8 Å². The van der Waals surface area contributed by atoms with Crippen LogP contribution in [0.15, 0.2) is 41.1 Å². The third kappa shape index (κ3) is 3.28. The smallest absolute Gasteiger partial charge is 0.330 e. The number of benzene rings is 1. The van der Waals surface area contributed by atoms with Gasteiger partial charge in [-0.15, -0.1) is 0 Å². The molecule has 0 radical (unpaired) electrons. The zero-order chi connectivity index (χ0) is 16.4. The molecule has 2 N–H and O–H groups in total. The number of nitrogens with one attached hydrogen (secondary N) is 1. The summed E-state index contributed by atoms with van der Waals surface area (Å²) in [5.41, 5.74) is -0.0244. The zero-order valence-electron chi connectivity index (χ0n) is 12.0. The Morgan fingerprint density at radius 2 is 2.09 bits per heavy atom. The molecule has 120 valence electrons. The molecule has 1 aromatic heterocycles. The number of hydrogen-bond donors (Lipinski definition) is 2. The second kappa shape index (κ2) is 6.37. The maximum atomic E-state index is 12.4. The van der Waals surface area contributed by atoms with E-state index in [2.05, 4.69) is 26.3 Å². The quantitative estimate of drug-likeness (QED) is 0.829. The molecule has 1 aromatic carbocycles. The Bertz CT molecular complexity index is 739. The molecule has 1 unspecified atom stereocenters. The normalized spacial score (nSPS) is 20.4. The first-order chi connectivity index (χ1) is 11.0. The van der Waals surface area contributed by atoms with Gasteiger partial charge in [0.1, 0.15) is 5.54 Å².